The minimum Gasteiger partial charge on any atom is -0.311 e. The van der Waals surface area contributed by atoms with E-state index in [1.54, 1.807) is 6.92 Å². The van der Waals surface area contributed by atoms with E-state index in [0.29, 0.717) is 11.1 Å². The van der Waals surface area contributed by atoms with Crippen LogP contribution in [0.3, 0.4) is 0 Å². The molecule has 0 saturated carbocycles. The summed E-state index contributed by atoms with van der Waals surface area (Å²) in [6, 6.07) is 20.8. The molecule has 0 radical (unpaired) electrons. The molecule has 46 heavy (non-hydrogen) atoms. The summed E-state index contributed by atoms with van der Waals surface area (Å²) in [5, 5.41) is 19.0. The third-order valence-corrected chi connectivity index (χ3v) is 7.45. The second kappa shape index (κ2) is 19.1. The van der Waals surface area contributed by atoms with Gasteiger partial charge in [0.25, 0.3) is 0 Å². The number of anilines is 2. The van der Waals surface area contributed by atoms with Crippen LogP contribution in [-0.2, 0) is 0 Å². The topological polar surface area (TPSA) is 50.8 Å². The molecule has 2 aromatic rings. The van der Waals surface area contributed by atoms with Gasteiger partial charge in [-0.2, -0.15) is 10.5 Å². The maximum Gasteiger partial charge on any atom is 0.101 e. The first kappa shape index (κ1) is 36.8. The Morgan fingerprint density at radius 2 is 1.13 bits per heavy atom. The normalized spacial score (nSPS) is 14.6. The van der Waals surface area contributed by atoms with Gasteiger partial charge in [-0.25, -0.2) is 0 Å². The molecule has 0 atom stereocenters. The number of hydrogen-bond acceptors (Lipinski definition) is 3. The smallest absolute Gasteiger partial charge is 0.101 e. The third kappa shape index (κ3) is 9.07. The summed E-state index contributed by atoms with van der Waals surface area (Å²) in [5.41, 5.74) is 11.4. The highest BCUT2D eigenvalue weighted by Gasteiger charge is 2.18. The highest BCUT2D eigenvalue weighted by molar-refractivity contribution is 5.90. The van der Waals surface area contributed by atoms with E-state index in [-0.39, 0.29) is 0 Å². The van der Waals surface area contributed by atoms with Crippen LogP contribution in [0.25, 0.3) is 11.1 Å². The lowest BCUT2D eigenvalue weighted by atomic mass is 9.84. The van der Waals surface area contributed by atoms with E-state index in [4.69, 9.17) is 0 Å². The van der Waals surface area contributed by atoms with Crippen molar-refractivity contribution in [2.45, 2.75) is 62.3 Å². The minimum atomic E-state index is 0.387. The first-order valence-electron chi connectivity index (χ1n) is 15.7. The number of benzene rings is 2. The van der Waals surface area contributed by atoms with Crippen molar-refractivity contribution < 1.29 is 0 Å². The second-order valence-corrected chi connectivity index (χ2v) is 10.5. The van der Waals surface area contributed by atoms with E-state index < -0.39 is 0 Å². The Balaban J connectivity index is 2.93. The van der Waals surface area contributed by atoms with Gasteiger partial charge >= 0.3 is 0 Å². The zero-order chi connectivity index (χ0) is 34.1. The standard InChI is InChI=1S/C43H47N3/c1-10-17-21-32(8)42(34(14-5)18-11-2)43(35(15-6)19-12-3)37-24-28-40(29-25-37)46(38(16-7)20-13-4)39-26-22-36(23-27-39)41(31-45)33(9)30-44/h10-29H,1-9H3/b17-10-,18-11-,19-12-,20-13-,32-21+,34-14-,35-15+,38-16+,41-33-,43-42+. The van der Waals surface area contributed by atoms with E-state index in [9.17, 15) is 10.5 Å². The van der Waals surface area contributed by atoms with E-state index in [1.807, 2.05) is 51.1 Å². The molecule has 0 amide bonds. The first-order chi connectivity index (χ1) is 22.3. The van der Waals surface area contributed by atoms with Gasteiger partial charge in [-0.3, -0.25) is 0 Å². The molecular weight excluding hydrogens is 558 g/mol. The van der Waals surface area contributed by atoms with Gasteiger partial charge in [0.15, 0.2) is 0 Å². The summed E-state index contributed by atoms with van der Waals surface area (Å²) in [6.07, 6.45) is 25.4. The Kier molecular flexibility index (Phi) is 15.3. The molecule has 0 aliphatic carbocycles. The Bertz CT molecular complexity index is 1740. The molecule has 0 aromatic heterocycles. The van der Waals surface area contributed by atoms with Crippen LogP contribution in [0, 0.1) is 22.7 Å². The Morgan fingerprint density at radius 3 is 1.57 bits per heavy atom. The lowest BCUT2D eigenvalue weighted by Gasteiger charge is -2.27. The molecule has 0 spiro atoms. The SMILES string of the molecule is C\C=C/C=C(C)/C(C(/C=C\C)=C\C)=C(C(/C=C\C)=C/C)\c1ccc(N(C(/C=C\C)=C/C)c2ccc(/C(C#N)=C(/C)C#N)cc2)cc1. The van der Waals surface area contributed by atoms with Gasteiger partial charge in [-0.15, -0.1) is 0 Å². The van der Waals surface area contributed by atoms with Gasteiger partial charge in [0.1, 0.15) is 6.07 Å². The summed E-state index contributed by atoms with van der Waals surface area (Å²) in [5.74, 6) is 0. The molecule has 0 fully saturated rings. The average Bonchev–Trinajstić information content (AvgIpc) is 3.08. The van der Waals surface area contributed by atoms with Gasteiger partial charge in [0.2, 0.25) is 0 Å². The number of nitriles is 2. The van der Waals surface area contributed by atoms with Gasteiger partial charge in [0, 0.05) is 22.6 Å². The summed E-state index contributed by atoms with van der Waals surface area (Å²) in [6.45, 7) is 18.2. The van der Waals surface area contributed by atoms with Crippen LogP contribution in [-0.4, -0.2) is 0 Å². The average molecular weight is 606 g/mol. The fourth-order valence-corrected chi connectivity index (χ4v) is 5.25. The van der Waals surface area contributed by atoms with Gasteiger partial charge in [-0.1, -0.05) is 91.1 Å². The summed E-state index contributed by atoms with van der Waals surface area (Å²) >= 11 is 0. The van der Waals surface area contributed by atoms with Crippen LogP contribution in [0.4, 0.5) is 11.4 Å². The van der Waals surface area contributed by atoms with Crippen LogP contribution in [0.2, 0.25) is 0 Å². The van der Waals surface area contributed by atoms with Crippen molar-refractivity contribution in [3.8, 4) is 12.1 Å². The molecule has 0 aliphatic rings. The highest BCUT2D eigenvalue weighted by Crippen LogP contribution is 2.38. The predicted octanol–water partition coefficient (Wildman–Crippen LogP) is 12.4. The summed E-state index contributed by atoms with van der Waals surface area (Å²) in [7, 11) is 0. The van der Waals surface area contributed by atoms with Crippen LogP contribution in [0.5, 0.6) is 0 Å². The second-order valence-electron chi connectivity index (χ2n) is 10.5. The molecule has 2 aromatic carbocycles. The van der Waals surface area contributed by atoms with Crippen molar-refractivity contribution in [1.82, 2.24) is 0 Å². The molecule has 3 heteroatoms. The van der Waals surface area contributed by atoms with Crippen LogP contribution in [0.15, 0.2) is 155 Å². The van der Waals surface area contributed by atoms with Crippen molar-refractivity contribution in [1.29, 1.82) is 10.5 Å². The van der Waals surface area contributed by atoms with E-state index in [1.165, 1.54) is 11.1 Å². The van der Waals surface area contributed by atoms with Gasteiger partial charge < -0.3 is 4.90 Å². The predicted molar refractivity (Wildman–Crippen MR) is 200 cm³/mol. The molecule has 0 aliphatic heterocycles. The number of rotatable bonds is 12. The number of hydrogen-bond donors (Lipinski definition) is 0. The molecule has 234 valence electrons. The Hall–Kier alpha value is -5.38. The largest absolute Gasteiger partial charge is 0.311 e. The molecular formula is C43H47N3. The third-order valence-electron chi connectivity index (χ3n) is 7.45. The lowest BCUT2D eigenvalue weighted by molar-refractivity contribution is 1.19. The molecule has 2 rings (SSSR count). The van der Waals surface area contributed by atoms with Gasteiger partial charge in [-0.05, 0) is 132 Å². The minimum absolute atomic E-state index is 0.387. The monoisotopic (exact) mass is 605 g/mol. The molecule has 0 saturated heterocycles. The lowest BCUT2D eigenvalue weighted by Crippen LogP contribution is -2.15. The van der Waals surface area contributed by atoms with Crippen LogP contribution >= 0.6 is 0 Å². The molecule has 0 bridgehead atoms. The molecule has 0 unspecified atom stereocenters. The molecule has 0 N–H and O–H groups in total. The maximum absolute atomic E-state index is 9.68. The van der Waals surface area contributed by atoms with E-state index in [2.05, 4.69) is 143 Å². The maximum atomic E-state index is 9.68. The van der Waals surface area contributed by atoms with Crippen molar-refractivity contribution in [3.05, 3.63) is 166 Å². The summed E-state index contributed by atoms with van der Waals surface area (Å²) in [4.78, 5) is 2.20. The zero-order valence-corrected chi connectivity index (χ0v) is 28.9. The van der Waals surface area contributed by atoms with Crippen LogP contribution < -0.4 is 4.90 Å². The Labute approximate surface area is 277 Å². The van der Waals surface area contributed by atoms with Crippen molar-refractivity contribution >= 4 is 22.5 Å². The molecule has 3 nitrogen and oxygen atoms in total. The summed E-state index contributed by atoms with van der Waals surface area (Å²) < 4.78 is 0. The first-order valence-corrected chi connectivity index (χ1v) is 15.7. The van der Waals surface area contributed by atoms with E-state index >= 15 is 0 Å². The highest BCUT2D eigenvalue weighted by atomic mass is 15.1. The van der Waals surface area contributed by atoms with Crippen molar-refractivity contribution in [2.24, 2.45) is 0 Å². The Morgan fingerprint density at radius 1 is 0.609 bits per heavy atom. The van der Waals surface area contributed by atoms with Crippen LogP contribution in [0.1, 0.15) is 73.4 Å². The van der Waals surface area contributed by atoms with Crippen molar-refractivity contribution in [2.75, 3.05) is 4.90 Å². The van der Waals surface area contributed by atoms with E-state index in [0.717, 1.165) is 44.9 Å². The number of allylic oxidation sites excluding steroid dienone is 19. The fourth-order valence-electron chi connectivity index (χ4n) is 5.25. The number of nitrogens with zero attached hydrogens (tertiary/aromatic N) is 3. The van der Waals surface area contributed by atoms with Crippen molar-refractivity contribution in [3.63, 3.8) is 0 Å². The fraction of sp³-hybridized carbons (Fsp3) is 0.209. The zero-order valence-electron chi connectivity index (χ0n) is 28.9. The van der Waals surface area contributed by atoms with Gasteiger partial charge in [0.05, 0.1) is 11.6 Å². The molecule has 0 heterocycles. The quantitative estimate of drug-likeness (QED) is 0.179.